The first kappa shape index (κ1) is 26.6. The molecular weight excluding hydrogens is 450 g/mol. The Morgan fingerprint density at radius 1 is 1.11 bits per heavy atom. The molecule has 194 valence electrons. The van der Waals surface area contributed by atoms with Gasteiger partial charge in [0.15, 0.2) is 11.5 Å². The van der Waals surface area contributed by atoms with Gasteiger partial charge in [-0.1, -0.05) is 26.3 Å². The predicted octanol–water partition coefficient (Wildman–Crippen LogP) is 2.12. The van der Waals surface area contributed by atoms with Crippen LogP contribution in [0.3, 0.4) is 0 Å². The molecule has 1 aromatic rings. The van der Waals surface area contributed by atoms with Crippen LogP contribution in [0.15, 0.2) is 18.2 Å². The summed E-state index contributed by atoms with van der Waals surface area (Å²) >= 11 is 0. The van der Waals surface area contributed by atoms with Crippen LogP contribution >= 0.6 is 0 Å². The number of nitrogens with zero attached hydrogens (tertiary/aromatic N) is 3. The van der Waals surface area contributed by atoms with E-state index in [0.717, 1.165) is 37.9 Å². The smallest absolute Gasteiger partial charge is 0.332 e. The lowest BCUT2D eigenvalue weighted by Gasteiger charge is -2.47. The summed E-state index contributed by atoms with van der Waals surface area (Å²) in [5.74, 6) is 0.706. The number of hydrogen-bond acceptors (Lipinski definition) is 6. The number of hydrogen-bond donors (Lipinski definition) is 2. The Labute approximate surface area is 207 Å². The van der Waals surface area contributed by atoms with Gasteiger partial charge in [0.05, 0.1) is 20.3 Å². The standard InChI is InChI=1S/C25H39N5O5/c1-17(2)12-20-24(32)28(15-18-8-9-21(34-3)22(13-18)35-4)16-19(14-23(26)31)30(20)25(33)27-29-10-6-5-7-11-29/h8-9,13,17,19-20H,5-7,10-12,14-16H2,1-4H3,(H2,26,31)(H,27,33)/t19-,20-/m0/s1. The minimum atomic E-state index is -0.682. The van der Waals surface area contributed by atoms with Crippen LogP contribution in [0.25, 0.3) is 0 Å². The number of carbonyl (C=O) groups excluding carboxylic acids is 3. The topological polar surface area (TPSA) is 117 Å². The average Bonchev–Trinajstić information content (AvgIpc) is 2.81. The molecule has 2 aliphatic heterocycles. The number of ether oxygens (including phenoxy) is 2. The quantitative estimate of drug-likeness (QED) is 0.549. The Morgan fingerprint density at radius 2 is 1.80 bits per heavy atom. The number of nitrogens with two attached hydrogens (primary N) is 1. The summed E-state index contributed by atoms with van der Waals surface area (Å²) in [5, 5.41) is 1.90. The summed E-state index contributed by atoms with van der Waals surface area (Å²) in [7, 11) is 3.13. The molecule has 3 rings (SSSR count). The Bertz CT molecular complexity index is 902. The van der Waals surface area contributed by atoms with Crippen LogP contribution in [0.1, 0.15) is 51.5 Å². The zero-order valence-corrected chi connectivity index (χ0v) is 21.3. The Morgan fingerprint density at radius 3 is 2.40 bits per heavy atom. The largest absolute Gasteiger partial charge is 0.493 e. The molecule has 0 radical (unpaired) electrons. The Kier molecular flexibility index (Phi) is 9.20. The monoisotopic (exact) mass is 489 g/mol. The number of primary amides is 1. The van der Waals surface area contributed by atoms with Crippen molar-refractivity contribution >= 4 is 17.8 Å². The molecule has 0 aliphatic carbocycles. The van der Waals surface area contributed by atoms with E-state index in [-0.39, 0.29) is 30.8 Å². The van der Waals surface area contributed by atoms with Crippen molar-refractivity contribution < 1.29 is 23.9 Å². The van der Waals surface area contributed by atoms with Crippen LogP contribution in [0, 0.1) is 5.92 Å². The lowest BCUT2D eigenvalue weighted by molar-refractivity contribution is -0.145. The highest BCUT2D eigenvalue weighted by Gasteiger charge is 2.44. The van der Waals surface area contributed by atoms with Gasteiger partial charge in [-0.3, -0.25) is 15.0 Å². The number of carbonyl (C=O) groups is 3. The van der Waals surface area contributed by atoms with E-state index in [0.29, 0.717) is 24.5 Å². The molecule has 0 unspecified atom stereocenters. The van der Waals surface area contributed by atoms with Crippen molar-refractivity contribution in [3.05, 3.63) is 23.8 Å². The highest BCUT2D eigenvalue weighted by atomic mass is 16.5. The Hall–Kier alpha value is -3.01. The number of rotatable bonds is 9. The zero-order chi connectivity index (χ0) is 25.5. The van der Waals surface area contributed by atoms with Gasteiger partial charge in [-0.15, -0.1) is 0 Å². The fourth-order valence-corrected chi connectivity index (χ4v) is 4.92. The van der Waals surface area contributed by atoms with E-state index in [1.54, 1.807) is 30.1 Å². The van der Waals surface area contributed by atoms with Gasteiger partial charge >= 0.3 is 6.03 Å². The summed E-state index contributed by atoms with van der Waals surface area (Å²) < 4.78 is 10.7. The van der Waals surface area contributed by atoms with Crippen LogP contribution in [0.4, 0.5) is 4.79 Å². The van der Waals surface area contributed by atoms with E-state index in [1.807, 2.05) is 31.0 Å². The molecule has 0 bridgehead atoms. The lowest BCUT2D eigenvalue weighted by atomic mass is 9.95. The number of nitrogens with one attached hydrogen (secondary N) is 1. The average molecular weight is 490 g/mol. The minimum absolute atomic E-state index is 0.0161. The second-order valence-corrected chi connectivity index (χ2v) is 9.75. The molecule has 3 N–H and O–H groups in total. The van der Waals surface area contributed by atoms with Gasteiger partial charge in [-0.05, 0) is 42.9 Å². The molecule has 2 heterocycles. The third-order valence-electron chi connectivity index (χ3n) is 6.55. The molecule has 0 spiro atoms. The van der Waals surface area contributed by atoms with Crippen molar-refractivity contribution in [1.82, 2.24) is 20.2 Å². The molecule has 10 heteroatoms. The van der Waals surface area contributed by atoms with Crippen molar-refractivity contribution in [3.63, 3.8) is 0 Å². The van der Waals surface area contributed by atoms with Gasteiger partial charge < -0.3 is 25.0 Å². The molecule has 0 aromatic heterocycles. The minimum Gasteiger partial charge on any atom is -0.493 e. The molecule has 2 saturated heterocycles. The lowest BCUT2D eigenvalue weighted by Crippen LogP contribution is -2.67. The van der Waals surface area contributed by atoms with E-state index < -0.39 is 18.0 Å². The molecule has 2 fully saturated rings. The summed E-state index contributed by atoms with van der Waals surface area (Å²) in [4.78, 5) is 42.4. The van der Waals surface area contributed by atoms with Gasteiger partial charge in [0.1, 0.15) is 6.04 Å². The number of hydrazine groups is 1. The van der Waals surface area contributed by atoms with Crippen molar-refractivity contribution in [3.8, 4) is 11.5 Å². The summed E-state index contributed by atoms with van der Waals surface area (Å²) in [6, 6.07) is 3.97. The first-order chi connectivity index (χ1) is 16.7. The third-order valence-corrected chi connectivity index (χ3v) is 6.55. The van der Waals surface area contributed by atoms with Gasteiger partial charge in [0, 0.05) is 32.6 Å². The maximum atomic E-state index is 13.7. The summed E-state index contributed by atoms with van der Waals surface area (Å²) in [5.41, 5.74) is 9.42. The summed E-state index contributed by atoms with van der Waals surface area (Å²) in [6.45, 7) is 6.13. The zero-order valence-electron chi connectivity index (χ0n) is 21.3. The number of piperazine rings is 1. The van der Waals surface area contributed by atoms with Crippen molar-refractivity contribution in [2.75, 3.05) is 33.9 Å². The van der Waals surface area contributed by atoms with E-state index in [2.05, 4.69) is 5.43 Å². The van der Waals surface area contributed by atoms with Gasteiger partial charge in [0.2, 0.25) is 11.8 Å². The van der Waals surface area contributed by atoms with E-state index >= 15 is 0 Å². The molecule has 1 aromatic carbocycles. The SMILES string of the molecule is COc1ccc(CN2C[C@H](CC(N)=O)N(C(=O)NN3CCCCC3)[C@@H](CC(C)C)C2=O)cc1OC. The van der Waals surface area contributed by atoms with E-state index in [1.165, 1.54) is 0 Å². The number of methoxy groups -OCH3 is 2. The van der Waals surface area contributed by atoms with Crippen LogP contribution in [-0.2, 0) is 16.1 Å². The molecule has 2 aliphatic rings. The van der Waals surface area contributed by atoms with Crippen molar-refractivity contribution in [2.24, 2.45) is 11.7 Å². The first-order valence-corrected chi connectivity index (χ1v) is 12.3. The van der Waals surface area contributed by atoms with Crippen LogP contribution in [-0.4, -0.2) is 78.6 Å². The fourth-order valence-electron chi connectivity index (χ4n) is 4.92. The number of piperidine rings is 1. The van der Waals surface area contributed by atoms with Crippen molar-refractivity contribution in [2.45, 2.75) is 64.6 Å². The van der Waals surface area contributed by atoms with Crippen LogP contribution < -0.4 is 20.6 Å². The molecule has 0 saturated carbocycles. The van der Waals surface area contributed by atoms with Gasteiger partial charge in [-0.25, -0.2) is 9.80 Å². The number of amides is 4. The van der Waals surface area contributed by atoms with Gasteiger partial charge in [0.25, 0.3) is 0 Å². The molecule has 35 heavy (non-hydrogen) atoms. The number of urea groups is 1. The van der Waals surface area contributed by atoms with Gasteiger partial charge in [-0.2, -0.15) is 0 Å². The highest BCUT2D eigenvalue weighted by molar-refractivity contribution is 5.89. The maximum Gasteiger partial charge on any atom is 0.332 e. The van der Waals surface area contributed by atoms with Crippen molar-refractivity contribution in [1.29, 1.82) is 0 Å². The van der Waals surface area contributed by atoms with Crippen LogP contribution in [0.2, 0.25) is 0 Å². The van der Waals surface area contributed by atoms with E-state index in [4.69, 9.17) is 15.2 Å². The second kappa shape index (κ2) is 12.1. The normalized spacial score (nSPS) is 21.2. The molecule has 4 amide bonds. The van der Waals surface area contributed by atoms with Crippen LogP contribution in [0.5, 0.6) is 11.5 Å². The highest BCUT2D eigenvalue weighted by Crippen LogP contribution is 2.30. The first-order valence-electron chi connectivity index (χ1n) is 12.3. The molecule has 2 atom stereocenters. The number of benzene rings is 1. The second-order valence-electron chi connectivity index (χ2n) is 9.75. The maximum absolute atomic E-state index is 13.7. The fraction of sp³-hybridized carbons (Fsp3) is 0.640. The Balaban J connectivity index is 1.87. The summed E-state index contributed by atoms with van der Waals surface area (Å²) in [6.07, 6.45) is 3.64. The third kappa shape index (κ3) is 6.78. The predicted molar refractivity (Wildman–Crippen MR) is 132 cm³/mol. The molecular formula is C25H39N5O5. The molecule has 10 nitrogen and oxygen atoms in total. The van der Waals surface area contributed by atoms with E-state index in [9.17, 15) is 14.4 Å².